The molecular weight excluding hydrogens is 336 g/mol. The molecule has 0 spiro atoms. The Bertz CT molecular complexity index is 925. The summed E-state index contributed by atoms with van der Waals surface area (Å²) in [6, 6.07) is 15.9. The van der Waals surface area contributed by atoms with Crippen LogP contribution in [-0.2, 0) is 9.59 Å². The molecule has 26 heavy (non-hydrogen) atoms. The standard InChI is InChI=1S/C17H14N6O2.H2O/c18-19-16(24)14-17(25)21-20-15-12-9-5-4-8-11(12)13(22-23(14)15)10-6-2-1-3-7-10;/h1-9,14H,18H2,(H,19,24)(H,21,25);1H2. The van der Waals surface area contributed by atoms with Gasteiger partial charge < -0.3 is 5.48 Å². The van der Waals surface area contributed by atoms with Gasteiger partial charge in [-0.25, -0.2) is 16.3 Å². The van der Waals surface area contributed by atoms with E-state index in [9.17, 15) is 9.59 Å². The molecule has 2 aliphatic heterocycles. The zero-order chi connectivity index (χ0) is 17.4. The molecule has 2 amide bonds. The van der Waals surface area contributed by atoms with Gasteiger partial charge in [0.05, 0.1) is 5.71 Å². The van der Waals surface area contributed by atoms with Gasteiger partial charge in [0.2, 0.25) is 6.04 Å². The largest absolute Gasteiger partial charge is 0.412 e. The molecule has 9 nitrogen and oxygen atoms in total. The van der Waals surface area contributed by atoms with Crippen molar-refractivity contribution in [2.45, 2.75) is 6.04 Å². The molecule has 2 aromatic carbocycles. The first-order chi connectivity index (χ1) is 12.2. The molecule has 6 N–H and O–H groups in total. The van der Waals surface area contributed by atoms with E-state index in [2.05, 4.69) is 15.6 Å². The first kappa shape index (κ1) is 17.3. The second kappa shape index (κ2) is 6.75. The Hall–Kier alpha value is -3.56. The van der Waals surface area contributed by atoms with Crippen molar-refractivity contribution in [1.82, 2.24) is 15.9 Å². The lowest BCUT2D eigenvalue weighted by molar-refractivity contribution is -0.136. The van der Waals surface area contributed by atoms with Crippen LogP contribution in [0.2, 0.25) is 0 Å². The Morgan fingerprint density at radius 3 is 2.42 bits per heavy atom. The summed E-state index contributed by atoms with van der Waals surface area (Å²) in [5.74, 6) is 4.36. The number of nitrogens with two attached hydrogens (primary N) is 1. The third-order valence-electron chi connectivity index (χ3n) is 4.05. The van der Waals surface area contributed by atoms with Gasteiger partial charge in [-0.3, -0.25) is 15.0 Å². The van der Waals surface area contributed by atoms with Crippen molar-refractivity contribution < 1.29 is 15.1 Å². The van der Waals surface area contributed by atoms with Crippen LogP contribution in [0.15, 0.2) is 64.8 Å². The molecule has 0 radical (unpaired) electrons. The van der Waals surface area contributed by atoms with Gasteiger partial charge in [-0.2, -0.15) is 10.2 Å². The van der Waals surface area contributed by atoms with Crippen LogP contribution in [0.3, 0.4) is 0 Å². The maximum Gasteiger partial charge on any atom is 0.274 e. The lowest BCUT2D eigenvalue weighted by Crippen LogP contribution is -2.60. The summed E-state index contributed by atoms with van der Waals surface area (Å²) in [7, 11) is 0. The summed E-state index contributed by atoms with van der Waals surface area (Å²) in [6.07, 6.45) is 0. The fourth-order valence-corrected chi connectivity index (χ4v) is 2.91. The number of benzene rings is 2. The highest BCUT2D eigenvalue weighted by Crippen LogP contribution is 2.26. The zero-order valence-electron chi connectivity index (χ0n) is 13.5. The minimum absolute atomic E-state index is 0. The molecule has 0 saturated heterocycles. The highest BCUT2D eigenvalue weighted by molar-refractivity contribution is 6.23. The number of amidine groups is 1. The van der Waals surface area contributed by atoms with Gasteiger partial charge in [-0.15, -0.1) is 0 Å². The second-order valence-corrected chi connectivity index (χ2v) is 5.53. The number of nitrogens with zero attached hydrogens (tertiary/aromatic N) is 3. The first-order valence-corrected chi connectivity index (χ1v) is 7.61. The number of carbonyl (C=O) groups excluding carboxylic acids is 2. The van der Waals surface area contributed by atoms with E-state index in [1.807, 2.05) is 60.0 Å². The van der Waals surface area contributed by atoms with E-state index in [0.717, 1.165) is 16.7 Å². The molecule has 0 saturated carbocycles. The quantitative estimate of drug-likeness (QED) is 0.278. The molecule has 2 heterocycles. The number of rotatable bonds is 2. The van der Waals surface area contributed by atoms with Gasteiger partial charge in [0.1, 0.15) is 0 Å². The van der Waals surface area contributed by atoms with Crippen molar-refractivity contribution in [3.05, 3.63) is 71.3 Å². The third-order valence-corrected chi connectivity index (χ3v) is 4.05. The number of nitrogens with one attached hydrogen (secondary N) is 2. The Balaban J connectivity index is 0.00000196. The lowest BCUT2D eigenvalue weighted by atomic mass is 9.94. The topological polar surface area (TPSA) is 144 Å². The van der Waals surface area contributed by atoms with E-state index in [-0.39, 0.29) is 5.48 Å². The maximum absolute atomic E-state index is 12.2. The molecule has 1 atom stereocenters. The number of hydrazone groups is 2. The van der Waals surface area contributed by atoms with Crippen LogP contribution in [0.5, 0.6) is 0 Å². The summed E-state index contributed by atoms with van der Waals surface area (Å²) < 4.78 is 0. The van der Waals surface area contributed by atoms with Crippen LogP contribution in [0.4, 0.5) is 0 Å². The summed E-state index contributed by atoms with van der Waals surface area (Å²) in [5, 5.41) is 9.95. The minimum Gasteiger partial charge on any atom is -0.412 e. The van der Waals surface area contributed by atoms with Gasteiger partial charge in [-0.05, 0) is 0 Å². The molecule has 4 rings (SSSR count). The number of amides is 2. The van der Waals surface area contributed by atoms with E-state index in [4.69, 9.17) is 5.84 Å². The predicted molar refractivity (Wildman–Crippen MR) is 94.8 cm³/mol. The lowest BCUT2D eigenvalue weighted by Gasteiger charge is -2.35. The van der Waals surface area contributed by atoms with Gasteiger partial charge in [-0.1, -0.05) is 54.6 Å². The second-order valence-electron chi connectivity index (χ2n) is 5.53. The van der Waals surface area contributed by atoms with E-state index in [1.165, 1.54) is 5.01 Å². The van der Waals surface area contributed by atoms with E-state index in [0.29, 0.717) is 11.5 Å². The van der Waals surface area contributed by atoms with Gasteiger partial charge in [0.25, 0.3) is 11.8 Å². The van der Waals surface area contributed by atoms with Crippen LogP contribution in [0.1, 0.15) is 16.7 Å². The Kier molecular flexibility index (Phi) is 4.48. The molecule has 0 bridgehead atoms. The summed E-state index contributed by atoms with van der Waals surface area (Å²) in [5.41, 5.74) is 7.53. The molecular formula is C17H16N6O3. The fraction of sp³-hybridized carbons (Fsp3) is 0.0588. The van der Waals surface area contributed by atoms with Crippen molar-refractivity contribution in [3.63, 3.8) is 0 Å². The first-order valence-electron chi connectivity index (χ1n) is 7.61. The maximum atomic E-state index is 12.2. The fourth-order valence-electron chi connectivity index (χ4n) is 2.91. The van der Waals surface area contributed by atoms with E-state index in [1.54, 1.807) is 0 Å². The average Bonchev–Trinajstić information content (AvgIpc) is 2.67. The van der Waals surface area contributed by atoms with Gasteiger partial charge in [0, 0.05) is 16.7 Å². The van der Waals surface area contributed by atoms with E-state index < -0.39 is 17.9 Å². The van der Waals surface area contributed by atoms with Crippen LogP contribution >= 0.6 is 0 Å². The summed E-state index contributed by atoms with van der Waals surface area (Å²) in [4.78, 5) is 24.3. The Morgan fingerprint density at radius 1 is 1.08 bits per heavy atom. The number of hydrogen-bond donors (Lipinski definition) is 3. The molecule has 0 aromatic heterocycles. The van der Waals surface area contributed by atoms with Crippen LogP contribution in [0.25, 0.3) is 0 Å². The Labute approximate surface area is 148 Å². The van der Waals surface area contributed by atoms with Gasteiger partial charge >= 0.3 is 0 Å². The SMILES string of the molecule is NNC(=O)C1C(=O)NN=C2c3ccccc3C(c3ccccc3)=NN21.O. The van der Waals surface area contributed by atoms with E-state index >= 15 is 0 Å². The van der Waals surface area contributed by atoms with Gasteiger partial charge in [0.15, 0.2) is 5.84 Å². The van der Waals surface area contributed by atoms with Crippen molar-refractivity contribution >= 4 is 23.4 Å². The average molecular weight is 352 g/mol. The highest BCUT2D eigenvalue weighted by atomic mass is 16.2. The van der Waals surface area contributed by atoms with Crippen LogP contribution < -0.4 is 16.7 Å². The number of hydrogen-bond acceptors (Lipinski definition) is 6. The van der Waals surface area contributed by atoms with Crippen molar-refractivity contribution in [1.29, 1.82) is 0 Å². The normalized spacial score (nSPS) is 17.7. The Morgan fingerprint density at radius 2 is 1.73 bits per heavy atom. The number of fused-ring (bicyclic) bond motifs is 3. The minimum atomic E-state index is -1.23. The smallest absolute Gasteiger partial charge is 0.274 e. The van der Waals surface area contributed by atoms with Crippen LogP contribution in [0, 0.1) is 0 Å². The molecule has 1 unspecified atom stereocenters. The van der Waals surface area contributed by atoms with Crippen molar-refractivity contribution in [3.8, 4) is 0 Å². The monoisotopic (exact) mass is 352 g/mol. The molecule has 132 valence electrons. The molecule has 0 fully saturated rings. The molecule has 0 aliphatic carbocycles. The number of carbonyl (C=O) groups is 2. The van der Waals surface area contributed by atoms with Crippen molar-refractivity contribution in [2.75, 3.05) is 0 Å². The number of hydrazine groups is 1. The molecule has 2 aromatic rings. The third kappa shape index (κ3) is 2.61. The predicted octanol–water partition coefficient (Wildman–Crippen LogP) is -0.920. The summed E-state index contributed by atoms with van der Waals surface area (Å²) >= 11 is 0. The van der Waals surface area contributed by atoms with Crippen LogP contribution in [-0.4, -0.2) is 39.9 Å². The summed E-state index contributed by atoms with van der Waals surface area (Å²) in [6.45, 7) is 0. The molecule has 2 aliphatic rings. The zero-order valence-corrected chi connectivity index (χ0v) is 13.5. The molecule has 9 heteroatoms. The highest BCUT2D eigenvalue weighted by Gasteiger charge is 2.41. The van der Waals surface area contributed by atoms with Crippen molar-refractivity contribution in [2.24, 2.45) is 16.0 Å².